The van der Waals surface area contributed by atoms with Gasteiger partial charge >= 0.3 is 0 Å². The number of hydrazine groups is 1. The number of aryl methyl sites for hydroxylation is 1. The molecule has 1 heterocycles. The summed E-state index contributed by atoms with van der Waals surface area (Å²) in [7, 11) is 0. The lowest BCUT2D eigenvalue weighted by Gasteiger charge is -2.29. The molecule has 0 aliphatic heterocycles. The molecule has 32 heavy (non-hydrogen) atoms. The van der Waals surface area contributed by atoms with Gasteiger partial charge in [0.1, 0.15) is 0 Å². The van der Waals surface area contributed by atoms with Gasteiger partial charge in [0.15, 0.2) is 5.60 Å². The Morgan fingerprint density at radius 1 is 0.844 bits per heavy atom. The van der Waals surface area contributed by atoms with Crippen LogP contribution in [0, 0.1) is 0 Å². The molecule has 0 bridgehead atoms. The predicted octanol–water partition coefficient (Wildman–Crippen LogP) is 4.96. The van der Waals surface area contributed by atoms with Gasteiger partial charge in [0, 0.05) is 9.75 Å². The summed E-state index contributed by atoms with van der Waals surface area (Å²) in [4.78, 5) is 15.8. The summed E-state index contributed by atoms with van der Waals surface area (Å²) in [6.07, 6.45) is 0.959. The van der Waals surface area contributed by atoms with Crippen LogP contribution < -0.4 is 10.9 Å². The normalized spacial score (nSPS) is 12.3. The molecular weight excluding hydrogens is 416 g/mol. The van der Waals surface area contributed by atoms with Gasteiger partial charge in [0.25, 0.3) is 5.91 Å². The van der Waals surface area contributed by atoms with Gasteiger partial charge in [-0.2, -0.15) is 0 Å². The van der Waals surface area contributed by atoms with Crippen molar-refractivity contribution in [1.82, 2.24) is 10.9 Å². The molecule has 4 rings (SSSR count). The number of hydrogen-bond acceptors (Lipinski definition) is 4. The Kier molecular flexibility index (Phi) is 6.81. The average Bonchev–Trinajstić information content (AvgIpc) is 3.34. The molecule has 5 heteroatoms. The summed E-state index contributed by atoms with van der Waals surface area (Å²) >= 11 is 1.71. The van der Waals surface area contributed by atoms with E-state index in [4.69, 9.17) is 0 Å². The predicted molar refractivity (Wildman–Crippen MR) is 129 cm³/mol. The molecule has 1 atom stereocenters. The Hall–Kier alpha value is -3.25. The molecule has 0 saturated heterocycles. The Bertz CT molecular complexity index is 1100. The van der Waals surface area contributed by atoms with Crippen LogP contribution in [0.4, 0.5) is 0 Å². The maximum Gasteiger partial charge on any atom is 0.275 e. The Labute approximate surface area is 192 Å². The topological polar surface area (TPSA) is 61.4 Å². The standard InChI is InChI=1S/C27H26N2O2S/c1-2-23-18-19-24(32-23)25(20-12-6-3-7-13-20)28-29-26(30)27(31,21-14-8-4-9-15-21)22-16-10-5-11-17-22/h3-19,25,28,31H,2H2,1H3,(H,29,30)/t25-/m0/s1. The summed E-state index contributed by atoms with van der Waals surface area (Å²) in [6, 6.07) is 31.9. The molecule has 0 radical (unpaired) electrons. The highest BCUT2D eigenvalue weighted by atomic mass is 32.1. The second-order valence-electron chi connectivity index (χ2n) is 7.54. The minimum absolute atomic E-state index is 0.235. The zero-order chi connectivity index (χ0) is 22.4. The van der Waals surface area contributed by atoms with Crippen molar-refractivity contribution in [3.63, 3.8) is 0 Å². The zero-order valence-electron chi connectivity index (χ0n) is 17.9. The second kappa shape index (κ2) is 9.92. The molecule has 3 aromatic carbocycles. The van der Waals surface area contributed by atoms with Crippen molar-refractivity contribution < 1.29 is 9.90 Å². The first-order valence-corrected chi connectivity index (χ1v) is 11.5. The SMILES string of the molecule is CCc1ccc([C@@H](NNC(=O)C(O)(c2ccccc2)c2ccccc2)c2ccccc2)s1. The number of nitrogens with one attached hydrogen (secondary N) is 2. The molecule has 1 aromatic heterocycles. The van der Waals surface area contributed by atoms with E-state index in [1.165, 1.54) is 4.88 Å². The fourth-order valence-electron chi connectivity index (χ4n) is 3.72. The number of amides is 1. The fraction of sp³-hybridized carbons (Fsp3) is 0.148. The van der Waals surface area contributed by atoms with Gasteiger partial charge in [-0.25, -0.2) is 5.43 Å². The number of benzene rings is 3. The van der Waals surface area contributed by atoms with Crippen LogP contribution in [0.15, 0.2) is 103 Å². The van der Waals surface area contributed by atoms with Crippen LogP contribution in [0.3, 0.4) is 0 Å². The molecule has 0 saturated carbocycles. The number of thiophene rings is 1. The Balaban J connectivity index is 1.65. The van der Waals surface area contributed by atoms with Crippen molar-refractivity contribution in [3.8, 4) is 0 Å². The lowest BCUT2D eigenvalue weighted by molar-refractivity contribution is -0.138. The van der Waals surface area contributed by atoms with E-state index in [0.29, 0.717) is 11.1 Å². The number of carbonyl (C=O) groups is 1. The highest BCUT2D eigenvalue weighted by molar-refractivity contribution is 7.12. The molecule has 4 nitrogen and oxygen atoms in total. The van der Waals surface area contributed by atoms with Gasteiger partial charge in [-0.1, -0.05) is 97.9 Å². The maximum atomic E-state index is 13.5. The monoisotopic (exact) mass is 442 g/mol. The van der Waals surface area contributed by atoms with Crippen molar-refractivity contribution in [2.45, 2.75) is 25.0 Å². The van der Waals surface area contributed by atoms with E-state index >= 15 is 0 Å². The third-order valence-corrected chi connectivity index (χ3v) is 6.78. The third kappa shape index (κ3) is 4.50. The van der Waals surface area contributed by atoms with Gasteiger partial charge in [0.05, 0.1) is 6.04 Å². The summed E-state index contributed by atoms with van der Waals surface area (Å²) < 4.78 is 0. The number of aliphatic hydroxyl groups is 1. The largest absolute Gasteiger partial charge is 0.372 e. The first-order chi connectivity index (χ1) is 15.6. The summed E-state index contributed by atoms with van der Waals surface area (Å²) in [5.74, 6) is -0.539. The van der Waals surface area contributed by atoms with Crippen molar-refractivity contribution >= 4 is 17.2 Å². The fourth-order valence-corrected chi connectivity index (χ4v) is 4.75. The lowest BCUT2D eigenvalue weighted by atomic mass is 9.85. The van der Waals surface area contributed by atoms with Gasteiger partial charge in [-0.3, -0.25) is 10.2 Å². The van der Waals surface area contributed by atoms with Crippen LogP contribution >= 0.6 is 11.3 Å². The van der Waals surface area contributed by atoms with Crippen LogP contribution in [-0.2, 0) is 16.8 Å². The van der Waals surface area contributed by atoms with E-state index in [9.17, 15) is 9.90 Å². The second-order valence-corrected chi connectivity index (χ2v) is 8.74. The van der Waals surface area contributed by atoms with Gasteiger partial charge in [-0.15, -0.1) is 11.3 Å². The maximum absolute atomic E-state index is 13.5. The minimum Gasteiger partial charge on any atom is -0.372 e. The molecular formula is C27H26N2O2S. The van der Waals surface area contributed by atoms with E-state index in [1.807, 2.05) is 66.7 Å². The molecule has 4 aromatic rings. The molecule has 3 N–H and O–H groups in total. The summed E-state index contributed by atoms with van der Waals surface area (Å²) in [6.45, 7) is 2.13. The Morgan fingerprint density at radius 2 is 1.38 bits per heavy atom. The molecule has 162 valence electrons. The number of hydrogen-bond donors (Lipinski definition) is 3. The number of carbonyl (C=O) groups excluding carboxylic acids is 1. The highest BCUT2D eigenvalue weighted by Crippen LogP contribution is 2.31. The minimum atomic E-state index is -1.83. The summed E-state index contributed by atoms with van der Waals surface area (Å²) in [5, 5.41) is 11.7. The molecule has 1 amide bonds. The van der Waals surface area contributed by atoms with E-state index in [0.717, 1.165) is 16.9 Å². The first kappa shape index (κ1) is 22.0. The Morgan fingerprint density at radius 3 is 1.88 bits per heavy atom. The summed E-state index contributed by atoms with van der Waals surface area (Å²) in [5.41, 5.74) is 6.20. The van der Waals surface area contributed by atoms with Crippen LogP contribution in [0.1, 0.15) is 39.4 Å². The lowest BCUT2D eigenvalue weighted by Crippen LogP contribution is -2.51. The van der Waals surface area contributed by atoms with E-state index in [-0.39, 0.29) is 6.04 Å². The van der Waals surface area contributed by atoms with E-state index in [2.05, 4.69) is 29.9 Å². The van der Waals surface area contributed by atoms with Crippen LogP contribution in [0.2, 0.25) is 0 Å². The quantitative estimate of drug-likeness (QED) is 0.338. The van der Waals surface area contributed by atoms with Crippen molar-refractivity contribution in [3.05, 3.63) is 130 Å². The van der Waals surface area contributed by atoms with Crippen LogP contribution in [0.5, 0.6) is 0 Å². The van der Waals surface area contributed by atoms with Gasteiger partial charge < -0.3 is 5.11 Å². The van der Waals surface area contributed by atoms with Crippen molar-refractivity contribution in [2.24, 2.45) is 0 Å². The van der Waals surface area contributed by atoms with E-state index in [1.54, 1.807) is 35.6 Å². The van der Waals surface area contributed by atoms with Crippen LogP contribution in [-0.4, -0.2) is 11.0 Å². The number of rotatable bonds is 8. The third-order valence-electron chi connectivity index (χ3n) is 5.49. The first-order valence-electron chi connectivity index (χ1n) is 10.7. The van der Waals surface area contributed by atoms with Crippen molar-refractivity contribution in [1.29, 1.82) is 0 Å². The molecule has 0 unspecified atom stereocenters. The van der Waals surface area contributed by atoms with Crippen molar-refractivity contribution in [2.75, 3.05) is 0 Å². The molecule has 0 fully saturated rings. The van der Waals surface area contributed by atoms with E-state index < -0.39 is 11.5 Å². The molecule has 0 aliphatic carbocycles. The van der Waals surface area contributed by atoms with Gasteiger partial charge in [-0.05, 0) is 35.2 Å². The zero-order valence-corrected chi connectivity index (χ0v) is 18.7. The van der Waals surface area contributed by atoms with Crippen LogP contribution in [0.25, 0.3) is 0 Å². The highest BCUT2D eigenvalue weighted by Gasteiger charge is 2.40. The molecule has 0 spiro atoms. The smallest absolute Gasteiger partial charge is 0.275 e. The van der Waals surface area contributed by atoms with Gasteiger partial charge in [0.2, 0.25) is 0 Å². The average molecular weight is 443 g/mol. The molecule has 0 aliphatic rings.